The van der Waals surface area contributed by atoms with Crippen LogP contribution in [0, 0.1) is 0 Å². The molecule has 0 aromatic heterocycles. The third-order valence-corrected chi connectivity index (χ3v) is 2.29. The van der Waals surface area contributed by atoms with Gasteiger partial charge in [0, 0.05) is 18.2 Å². The van der Waals surface area contributed by atoms with Crippen LogP contribution < -0.4 is 16.4 Å². The summed E-state index contributed by atoms with van der Waals surface area (Å²) in [7, 11) is 0. The molecule has 0 saturated heterocycles. The summed E-state index contributed by atoms with van der Waals surface area (Å²) in [5.74, 6) is -0.118. The molecule has 0 fully saturated rings. The fourth-order valence-corrected chi connectivity index (χ4v) is 1.51. The normalized spacial score (nSPS) is 24.3. The highest BCUT2D eigenvalue weighted by molar-refractivity contribution is 5.96. The van der Waals surface area contributed by atoms with Crippen molar-refractivity contribution in [3.8, 4) is 0 Å². The molecule has 1 aliphatic rings. The minimum atomic E-state index is -0.234. The average molecular weight is 247 g/mol. The lowest BCUT2D eigenvalue weighted by Crippen LogP contribution is -2.49. The van der Waals surface area contributed by atoms with Gasteiger partial charge >= 0.3 is 0 Å². The van der Waals surface area contributed by atoms with Gasteiger partial charge in [0.1, 0.15) is 0 Å². The van der Waals surface area contributed by atoms with Crippen LogP contribution in [-0.4, -0.2) is 24.7 Å². The van der Waals surface area contributed by atoms with Crippen LogP contribution in [0.25, 0.3) is 0 Å². The molecule has 4 N–H and O–H groups in total. The second-order valence-corrected chi connectivity index (χ2v) is 4.39. The number of hydrogen-bond acceptors (Lipinski definition) is 3. The fraction of sp³-hybridized carbons (Fsp3) is 0.357. The van der Waals surface area contributed by atoms with Crippen molar-refractivity contribution in [1.29, 1.82) is 0 Å². The minimum absolute atomic E-state index is 0.118. The predicted octanol–water partition coefficient (Wildman–Crippen LogP) is 0.994. The van der Waals surface area contributed by atoms with E-state index in [1.54, 1.807) is 12.2 Å². The Morgan fingerprint density at radius 2 is 1.89 bits per heavy atom. The first-order valence-corrected chi connectivity index (χ1v) is 6.11. The zero-order chi connectivity index (χ0) is 13.4. The Morgan fingerprint density at radius 3 is 2.61 bits per heavy atom. The molecule has 0 aliphatic heterocycles. The largest absolute Gasteiger partial charge is 0.349 e. The molecule has 0 saturated carbocycles. The van der Waals surface area contributed by atoms with Crippen LogP contribution in [0.15, 0.2) is 48.1 Å². The predicted molar refractivity (Wildman–Crippen MR) is 74.8 cm³/mol. The van der Waals surface area contributed by atoms with Crippen LogP contribution in [0.5, 0.6) is 0 Å². The lowest BCUT2D eigenvalue weighted by molar-refractivity contribution is -0.117. The topological polar surface area (TPSA) is 67.2 Å². The molecular formula is C14H21N3O. The van der Waals surface area contributed by atoms with Gasteiger partial charge in [-0.3, -0.25) is 10.1 Å². The maximum absolute atomic E-state index is 11.9. The monoisotopic (exact) mass is 247 g/mol. The smallest absolute Gasteiger partial charge is 0.251 e. The number of hydrogen-bond donors (Lipinski definition) is 3. The van der Waals surface area contributed by atoms with Gasteiger partial charge in [0.05, 0.1) is 6.17 Å². The van der Waals surface area contributed by atoms with Crippen LogP contribution in [0.4, 0.5) is 0 Å². The van der Waals surface area contributed by atoms with E-state index in [1.807, 2.05) is 44.2 Å². The van der Waals surface area contributed by atoms with E-state index in [4.69, 9.17) is 5.73 Å². The van der Waals surface area contributed by atoms with Gasteiger partial charge < -0.3 is 11.1 Å². The maximum Gasteiger partial charge on any atom is 0.251 e. The molecule has 0 aromatic carbocycles. The minimum Gasteiger partial charge on any atom is -0.349 e. The fourth-order valence-electron chi connectivity index (χ4n) is 1.51. The molecule has 1 rings (SSSR count). The van der Waals surface area contributed by atoms with Crippen molar-refractivity contribution in [2.45, 2.75) is 26.1 Å². The van der Waals surface area contributed by atoms with Crippen molar-refractivity contribution in [3.63, 3.8) is 0 Å². The van der Waals surface area contributed by atoms with Gasteiger partial charge in [0.15, 0.2) is 0 Å². The summed E-state index contributed by atoms with van der Waals surface area (Å²) >= 11 is 0. The molecule has 18 heavy (non-hydrogen) atoms. The summed E-state index contributed by atoms with van der Waals surface area (Å²) in [6, 6.07) is 0.297. The maximum atomic E-state index is 11.9. The number of nitrogens with two attached hydrogens (primary N) is 1. The van der Waals surface area contributed by atoms with Crippen LogP contribution in [-0.2, 0) is 4.79 Å². The lowest BCUT2D eigenvalue weighted by Gasteiger charge is -2.17. The second kappa shape index (κ2) is 7.63. The number of carbonyl (C=O) groups excluding carboxylic acids is 1. The van der Waals surface area contributed by atoms with Gasteiger partial charge in [-0.1, -0.05) is 30.4 Å². The zero-order valence-electron chi connectivity index (χ0n) is 10.9. The van der Waals surface area contributed by atoms with E-state index in [2.05, 4.69) is 10.6 Å². The molecule has 98 valence electrons. The van der Waals surface area contributed by atoms with Crippen molar-refractivity contribution >= 4 is 5.91 Å². The molecule has 0 spiro atoms. The average Bonchev–Trinajstić information content (AvgIpc) is 2.24. The van der Waals surface area contributed by atoms with E-state index < -0.39 is 0 Å². The van der Waals surface area contributed by atoms with E-state index in [1.165, 1.54) is 0 Å². The van der Waals surface area contributed by atoms with Gasteiger partial charge in [0.2, 0.25) is 0 Å². The lowest BCUT2D eigenvalue weighted by atomic mass is 10.1. The van der Waals surface area contributed by atoms with E-state index in [0.29, 0.717) is 18.2 Å². The molecule has 0 bridgehead atoms. The van der Waals surface area contributed by atoms with Gasteiger partial charge in [-0.05, 0) is 26.0 Å². The molecule has 4 heteroatoms. The molecule has 0 radical (unpaired) electrons. The number of amides is 1. The number of carbonyl (C=O) groups is 1. The summed E-state index contributed by atoms with van der Waals surface area (Å²) < 4.78 is 0. The summed E-state index contributed by atoms with van der Waals surface area (Å²) in [5.41, 5.74) is 6.44. The number of nitrogens with one attached hydrogen (secondary N) is 2. The highest BCUT2D eigenvalue weighted by Crippen LogP contribution is 2.01. The Morgan fingerprint density at radius 1 is 1.22 bits per heavy atom. The summed E-state index contributed by atoms with van der Waals surface area (Å²) in [4.78, 5) is 11.9. The zero-order valence-corrected chi connectivity index (χ0v) is 10.9. The first-order valence-electron chi connectivity index (χ1n) is 6.11. The SMILES string of the molecule is CC(C)NC(N)CNC(=O)C1=C/C=C\C=C/C=C\1. The van der Waals surface area contributed by atoms with E-state index >= 15 is 0 Å². The highest BCUT2D eigenvalue weighted by Gasteiger charge is 2.08. The van der Waals surface area contributed by atoms with Crippen LogP contribution >= 0.6 is 0 Å². The molecule has 4 nitrogen and oxygen atoms in total. The molecule has 1 aliphatic carbocycles. The van der Waals surface area contributed by atoms with Gasteiger partial charge in [0.25, 0.3) is 5.91 Å². The van der Waals surface area contributed by atoms with Crippen LogP contribution in [0.2, 0.25) is 0 Å². The summed E-state index contributed by atoms with van der Waals surface area (Å²) in [6.07, 6.45) is 12.6. The van der Waals surface area contributed by atoms with Gasteiger partial charge in [-0.15, -0.1) is 0 Å². The van der Waals surface area contributed by atoms with Crippen LogP contribution in [0.3, 0.4) is 0 Å². The summed E-state index contributed by atoms with van der Waals surface area (Å²) in [6.45, 7) is 4.43. The molecule has 1 amide bonds. The quantitative estimate of drug-likeness (QED) is 0.635. The Hall–Kier alpha value is -1.65. The number of allylic oxidation sites excluding steroid dienone is 6. The Labute approximate surface area is 108 Å². The van der Waals surface area contributed by atoms with Gasteiger partial charge in [-0.2, -0.15) is 0 Å². The van der Waals surface area contributed by atoms with E-state index in [-0.39, 0.29) is 12.1 Å². The van der Waals surface area contributed by atoms with Crippen molar-refractivity contribution < 1.29 is 4.79 Å². The molecule has 1 unspecified atom stereocenters. The molecule has 1 atom stereocenters. The Bertz CT molecular complexity index is 392. The summed E-state index contributed by atoms with van der Waals surface area (Å²) in [5, 5.41) is 5.93. The first kappa shape index (κ1) is 14.4. The Balaban J connectivity index is 2.45. The van der Waals surface area contributed by atoms with E-state index in [0.717, 1.165) is 0 Å². The van der Waals surface area contributed by atoms with Crippen molar-refractivity contribution in [1.82, 2.24) is 10.6 Å². The molecule has 0 heterocycles. The van der Waals surface area contributed by atoms with Crippen LogP contribution in [0.1, 0.15) is 13.8 Å². The highest BCUT2D eigenvalue weighted by atomic mass is 16.1. The third kappa shape index (κ3) is 5.61. The van der Waals surface area contributed by atoms with Crippen molar-refractivity contribution in [3.05, 3.63) is 48.1 Å². The second-order valence-electron chi connectivity index (χ2n) is 4.39. The van der Waals surface area contributed by atoms with E-state index in [9.17, 15) is 4.79 Å². The van der Waals surface area contributed by atoms with Crippen molar-refractivity contribution in [2.24, 2.45) is 5.73 Å². The number of rotatable bonds is 5. The van der Waals surface area contributed by atoms with Gasteiger partial charge in [-0.25, -0.2) is 0 Å². The first-order chi connectivity index (χ1) is 8.59. The molecular weight excluding hydrogens is 226 g/mol. The van der Waals surface area contributed by atoms with Crippen molar-refractivity contribution in [2.75, 3.05) is 6.54 Å². The molecule has 0 aromatic rings. The standard InChI is InChI=1S/C14H21N3O/c1-11(2)17-13(15)10-16-14(18)12-8-6-4-3-5-7-9-12/h3-9,11,13,17H,10,15H2,1-2H3,(H,16,18)/b4-3-,5-3?,6-4?,7-5-,8-6-,9-7?,12-8?,12-9+. The Kier molecular flexibility index (Phi) is 6.11. The third-order valence-electron chi connectivity index (χ3n) is 2.29.